The Morgan fingerprint density at radius 2 is 1.61 bits per heavy atom. The molecule has 0 aliphatic carbocycles. The summed E-state index contributed by atoms with van der Waals surface area (Å²) in [5, 5.41) is 0.732. The van der Waals surface area contributed by atoms with Gasteiger partial charge in [-0.15, -0.1) is 0 Å². The molecule has 18 heavy (non-hydrogen) atoms. The highest BCUT2D eigenvalue weighted by molar-refractivity contribution is 6.30. The maximum Gasteiger partial charge on any atom is 0.119 e. The Kier molecular flexibility index (Phi) is 4.00. The fourth-order valence-corrected chi connectivity index (χ4v) is 1.73. The van der Waals surface area contributed by atoms with Gasteiger partial charge in [-0.05, 0) is 48.9 Å². The third-order valence-electron chi connectivity index (χ3n) is 2.63. The zero-order valence-electron chi connectivity index (χ0n) is 10.4. The average Bonchev–Trinajstić information content (AvgIpc) is 2.40. The molecule has 0 aliphatic rings. The second-order valence-electron chi connectivity index (χ2n) is 3.90. The standard InChI is InChI=1S/C15H14ClNO/c1-11(12-3-5-13(16)6-4-12)17-14-7-9-15(18-2)10-8-14/h3-10H,1-2H3/b17-11+. The maximum atomic E-state index is 5.86. The first-order chi connectivity index (χ1) is 8.69. The molecule has 2 rings (SSSR count). The van der Waals surface area contributed by atoms with E-state index < -0.39 is 0 Å². The number of hydrogen-bond acceptors (Lipinski definition) is 2. The number of hydrogen-bond donors (Lipinski definition) is 0. The van der Waals surface area contributed by atoms with Crippen molar-refractivity contribution in [2.75, 3.05) is 7.11 Å². The lowest BCUT2D eigenvalue weighted by Crippen LogP contribution is -1.93. The van der Waals surface area contributed by atoms with E-state index in [2.05, 4.69) is 4.99 Å². The van der Waals surface area contributed by atoms with Crippen LogP contribution in [0.15, 0.2) is 53.5 Å². The van der Waals surface area contributed by atoms with Crippen LogP contribution in [-0.4, -0.2) is 12.8 Å². The molecule has 0 aromatic heterocycles. The molecule has 0 aliphatic heterocycles. The number of aliphatic imine (C=N–C) groups is 1. The van der Waals surface area contributed by atoms with Crippen molar-refractivity contribution < 1.29 is 4.74 Å². The van der Waals surface area contributed by atoms with E-state index in [9.17, 15) is 0 Å². The molecular weight excluding hydrogens is 246 g/mol. The molecule has 0 amide bonds. The monoisotopic (exact) mass is 259 g/mol. The van der Waals surface area contributed by atoms with Gasteiger partial charge in [0, 0.05) is 10.7 Å². The molecule has 2 aromatic carbocycles. The normalized spacial score (nSPS) is 11.4. The second kappa shape index (κ2) is 5.69. The Labute approximate surface area is 112 Å². The number of ether oxygens (including phenoxy) is 1. The Morgan fingerprint density at radius 1 is 1.00 bits per heavy atom. The second-order valence-corrected chi connectivity index (χ2v) is 4.34. The van der Waals surface area contributed by atoms with Crippen molar-refractivity contribution in [3.63, 3.8) is 0 Å². The van der Waals surface area contributed by atoms with E-state index in [1.807, 2.05) is 55.5 Å². The highest BCUT2D eigenvalue weighted by atomic mass is 35.5. The molecule has 92 valence electrons. The van der Waals surface area contributed by atoms with E-state index in [4.69, 9.17) is 16.3 Å². The largest absolute Gasteiger partial charge is 0.497 e. The summed E-state index contributed by atoms with van der Waals surface area (Å²) >= 11 is 5.86. The van der Waals surface area contributed by atoms with Gasteiger partial charge in [-0.25, -0.2) is 0 Å². The van der Waals surface area contributed by atoms with Crippen molar-refractivity contribution in [1.82, 2.24) is 0 Å². The number of methoxy groups -OCH3 is 1. The van der Waals surface area contributed by atoms with Crippen LogP contribution in [0.4, 0.5) is 5.69 Å². The zero-order chi connectivity index (χ0) is 13.0. The Bertz CT molecular complexity index is 544. The van der Waals surface area contributed by atoms with Gasteiger partial charge in [0.15, 0.2) is 0 Å². The van der Waals surface area contributed by atoms with E-state index in [0.29, 0.717) is 0 Å². The summed E-state index contributed by atoms with van der Waals surface area (Å²) in [5.74, 6) is 0.832. The average molecular weight is 260 g/mol. The van der Waals surface area contributed by atoms with Crippen LogP contribution in [-0.2, 0) is 0 Å². The third kappa shape index (κ3) is 3.11. The molecule has 3 heteroatoms. The minimum atomic E-state index is 0.732. The molecule has 0 spiro atoms. The van der Waals surface area contributed by atoms with Crippen molar-refractivity contribution in [2.24, 2.45) is 4.99 Å². The van der Waals surface area contributed by atoms with Crippen LogP contribution in [0.25, 0.3) is 0 Å². The molecule has 2 aromatic rings. The summed E-state index contributed by atoms with van der Waals surface area (Å²) in [6.45, 7) is 1.98. The number of rotatable bonds is 3. The molecular formula is C15H14ClNO. The molecule has 0 heterocycles. The fraction of sp³-hybridized carbons (Fsp3) is 0.133. The van der Waals surface area contributed by atoms with Crippen LogP contribution in [0.1, 0.15) is 12.5 Å². The van der Waals surface area contributed by atoms with E-state index in [0.717, 1.165) is 27.7 Å². The Balaban J connectivity index is 2.23. The van der Waals surface area contributed by atoms with Crippen molar-refractivity contribution in [3.05, 3.63) is 59.1 Å². The minimum absolute atomic E-state index is 0.732. The van der Waals surface area contributed by atoms with E-state index in [-0.39, 0.29) is 0 Å². The van der Waals surface area contributed by atoms with E-state index in [1.165, 1.54) is 0 Å². The summed E-state index contributed by atoms with van der Waals surface area (Å²) in [4.78, 5) is 4.55. The van der Waals surface area contributed by atoms with Crippen molar-refractivity contribution in [2.45, 2.75) is 6.92 Å². The van der Waals surface area contributed by atoms with Gasteiger partial charge in [-0.2, -0.15) is 0 Å². The predicted molar refractivity (Wildman–Crippen MR) is 76.3 cm³/mol. The van der Waals surface area contributed by atoms with Crippen LogP contribution in [0.3, 0.4) is 0 Å². The predicted octanol–water partition coefficient (Wildman–Crippen LogP) is 4.49. The van der Waals surface area contributed by atoms with Crippen LogP contribution in [0.2, 0.25) is 5.02 Å². The van der Waals surface area contributed by atoms with Gasteiger partial charge < -0.3 is 4.74 Å². The van der Waals surface area contributed by atoms with Crippen molar-refractivity contribution in [1.29, 1.82) is 0 Å². The van der Waals surface area contributed by atoms with Gasteiger partial charge in [0.25, 0.3) is 0 Å². The first-order valence-electron chi connectivity index (χ1n) is 5.64. The van der Waals surface area contributed by atoms with Gasteiger partial charge in [0.05, 0.1) is 12.8 Å². The third-order valence-corrected chi connectivity index (χ3v) is 2.88. The number of benzene rings is 2. The van der Waals surface area contributed by atoms with Gasteiger partial charge in [0.1, 0.15) is 5.75 Å². The molecule has 2 nitrogen and oxygen atoms in total. The zero-order valence-corrected chi connectivity index (χ0v) is 11.1. The van der Waals surface area contributed by atoms with E-state index >= 15 is 0 Å². The molecule has 0 saturated carbocycles. The summed E-state index contributed by atoms with van der Waals surface area (Å²) in [5.41, 5.74) is 2.93. The molecule has 0 unspecified atom stereocenters. The maximum absolute atomic E-state index is 5.86. The van der Waals surface area contributed by atoms with Crippen molar-refractivity contribution >= 4 is 23.0 Å². The fourth-order valence-electron chi connectivity index (χ4n) is 1.61. The molecule has 0 radical (unpaired) electrons. The molecule has 0 saturated heterocycles. The lowest BCUT2D eigenvalue weighted by Gasteiger charge is -2.03. The van der Waals surface area contributed by atoms with E-state index in [1.54, 1.807) is 7.11 Å². The Morgan fingerprint density at radius 3 is 2.17 bits per heavy atom. The van der Waals surface area contributed by atoms with Crippen LogP contribution in [0, 0.1) is 0 Å². The van der Waals surface area contributed by atoms with Crippen LogP contribution < -0.4 is 4.74 Å². The quantitative estimate of drug-likeness (QED) is 0.745. The summed E-state index contributed by atoms with van der Waals surface area (Å²) < 4.78 is 5.11. The topological polar surface area (TPSA) is 21.6 Å². The van der Waals surface area contributed by atoms with Crippen LogP contribution in [0.5, 0.6) is 5.75 Å². The smallest absolute Gasteiger partial charge is 0.119 e. The molecule has 0 atom stereocenters. The van der Waals surface area contributed by atoms with Gasteiger partial charge >= 0.3 is 0 Å². The van der Waals surface area contributed by atoms with Crippen LogP contribution >= 0.6 is 11.6 Å². The summed E-state index contributed by atoms with van der Waals surface area (Å²) in [6, 6.07) is 15.3. The lowest BCUT2D eigenvalue weighted by atomic mass is 10.1. The Hall–Kier alpha value is -1.80. The lowest BCUT2D eigenvalue weighted by molar-refractivity contribution is 0.415. The van der Waals surface area contributed by atoms with Gasteiger partial charge in [-0.1, -0.05) is 23.7 Å². The SMILES string of the molecule is COc1ccc(/N=C(\C)c2ccc(Cl)cc2)cc1. The number of halogens is 1. The first kappa shape index (κ1) is 12.7. The summed E-state index contributed by atoms with van der Waals surface area (Å²) in [6.07, 6.45) is 0. The molecule has 0 fully saturated rings. The van der Waals surface area contributed by atoms with Gasteiger partial charge in [-0.3, -0.25) is 4.99 Å². The minimum Gasteiger partial charge on any atom is -0.497 e. The highest BCUT2D eigenvalue weighted by Gasteiger charge is 1.98. The van der Waals surface area contributed by atoms with Crippen molar-refractivity contribution in [3.8, 4) is 5.75 Å². The molecule has 0 N–H and O–H groups in total. The number of nitrogens with zero attached hydrogens (tertiary/aromatic N) is 1. The highest BCUT2D eigenvalue weighted by Crippen LogP contribution is 2.19. The first-order valence-corrected chi connectivity index (χ1v) is 6.02. The molecule has 0 bridgehead atoms. The van der Waals surface area contributed by atoms with Gasteiger partial charge in [0.2, 0.25) is 0 Å². The summed E-state index contributed by atoms with van der Waals surface area (Å²) in [7, 11) is 1.65.